The van der Waals surface area contributed by atoms with Gasteiger partial charge >= 0.3 is 0 Å². The fraction of sp³-hybridized carbons (Fsp3) is 0.750. The zero-order valence-corrected chi connectivity index (χ0v) is 8.84. The Bertz CT molecular complexity index is 210. The van der Waals surface area contributed by atoms with Crippen molar-refractivity contribution in [2.45, 2.75) is 32.7 Å². The van der Waals surface area contributed by atoms with E-state index in [2.05, 4.69) is 29.3 Å². The van der Waals surface area contributed by atoms with Crippen LogP contribution in [0.15, 0.2) is 6.20 Å². The maximum absolute atomic E-state index is 5.89. The fourth-order valence-corrected chi connectivity index (χ4v) is 1.29. The Balaban J connectivity index is 0.00000144. The highest BCUT2D eigenvalue weighted by Gasteiger charge is 2.07. The normalized spacial score (nSPS) is 12.6. The van der Waals surface area contributed by atoms with E-state index in [1.807, 2.05) is 0 Å². The van der Waals surface area contributed by atoms with Crippen molar-refractivity contribution in [3.05, 3.63) is 11.9 Å². The molecule has 13 heavy (non-hydrogen) atoms. The van der Waals surface area contributed by atoms with Crippen LogP contribution in [-0.4, -0.2) is 21.5 Å². The average Bonchev–Trinajstić information content (AvgIpc) is 2.37. The van der Waals surface area contributed by atoms with Gasteiger partial charge in [-0.3, -0.25) is 5.10 Å². The van der Waals surface area contributed by atoms with Crippen molar-refractivity contribution < 1.29 is 0 Å². The van der Waals surface area contributed by atoms with Gasteiger partial charge in [0.2, 0.25) is 0 Å². The van der Waals surface area contributed by atoms with Crippen LogP contribution in [0.25, 0.3) is 0 Å². The Labute approximate surface area is 84.7 Å². The van der Waals surface area contributed by atoms with Crippen LogP contribution in [0.2, 0.25) is 0 Å². The second kappa shape index (κ2) is 5.94. The summed E-state index contributed by atoms with van der Waals surface area (Å²) in [5, 5.41) is 10.1. The van der Waals surface area contributed by atoms with Crippen LogP contribution >= 0.6 is 12.4 Å². The molecule has 4 nitrogen and oxygen atoms in total. The maximum atomic E-state index is 5.89. The van der Waals surface area contributed by atoms with Crippen LogP contribution in [0, 0.1) is 5.92 Å². The highest BCUT2D eigenvalue weighted by Crippen LogP contribution is 2.06. The minimum absolute atomic E-state index is 0. The second-order valence-electron chi connectivity index (χ2n) is 3.58. The molecule has 3 N–H and O–H groups in total. The van der Waals surface area contributed by atoms with E-state index in [9.17, 15) is 0 Å². The van der Waals surface area contributed by atoms with Crippen molar-refractivity contribution in [2.75, 3.05) is 0 Å². The molecule has 0 aliphatic carbocycles. The smallest absolute Gasteiger partial charge is 0.0723 e. The van der Waals surface area contributed by atoms with Crippen molar-refractivity contribution in [1.82, 2.24) is 15.4 Å². The molecule has 76 valence electrons. The van der Waals surface area contributed by atoms with Gasteiger partial charge in [-0.25, -0.2) is 0 Å². The predicted molar refractivity (Wildman–Crippen MR) is 54.8 cm³/mol. The Morgan fingerprint density at radius 3 is 2.69 bits per heavy atom. The molecule has 0 saturated heterocycles. The molecular formula is C8H17ClN4. The molecule has 1 aromatic rings. The standard InChI is InChI=1S/C8H16N4.ClH/c1-6(2)3-7(9)4-8-5-10-12-11-8;/h5-7H,3-4,9H2,1-2H3,(H,10,11,12);1H. The van der Waals surface area contributed by atoms with E-state index in [1.54, 1.807) is 6.20 Å². The molecule has 0 fully saturated rings. The van der Waals surface area contributed by atoms with Crippen molar-refractivity contribution >= 4 is 12.4 Å². The molecule has 0 radical (unpaired) electrons. The van der Waals surface area contributed by atoms with Crippen molar-refractivity contribution in [1.29, 1.82) is 0 Å². The molecule has 5 heteroatoms. The van der Waals surface area contributed by atoms with E-state index in [1.165, 1.54) is 0 Å². The van der Waals surface area contributed by atoms with Gasteiger partial charge in [0.15, 0.2) is 0 Å². The number of halogens is 1. The lowest BCUT2D eigenvalue weighted by Gasteiger charge is -2.11. The van der Waals surface area contributed by atoms with Gasteiger partial charge in [-0.15, -0.1) is 17.5 Å². The van der Waals surface area contributed by atoms with E-state index in [-0.39, 0.29) is 18.4 Å². The van der Waals surface area contributed by atoms with E-state index in [0.29, 0.717) is 5.92 Å². The summed E-state index contributed by atoms with van der Waals surface area (Å²) in [4.78, 5) is 0. The molecule has 1 atom stereocenters. The van der Waals surface area contributed by atoms with Gasteiger partial charge in [-0.2, -0.15) is 0 Å². The molecule has 0 aliphatic heterocycles. The van der Waals surface area contributed by atoms with Crippen LogP contribution in [0.1, 0.15) is 26.0 Å². The number of nitrogens with zero attached hydrogens (tertiary/aromatic N) is 2. The summed E-state index contributed by atoms with van der Waals surface area (Å²) in [6, 6.07) is 0.215. The zero-order chi connectivity index (χ0) is 8.97. The number of nitrogens with one attached hydrogen (secondary N) is 1. The van der Waals surface area contributed by atoms with Crippen LogP contribution in [0.5, 0.6) is 0 Å². The van der Waals surface area contributed by atoms with Crippen LogP contribution in [-0.2, 0) is 6.42 Å². The van der Waals surface area contributed by atoms with Crippen molar-refractivity contribution in [3.8, 4) is 0 Å². The van der Waals surface area contributed by atoms with E-state index < -0.39 is 0 Å². The average molecular weight is 205 g/mol. The molecule has 1 rings (SSSR count). The highest BCUT2D eigenvalue weighted by atomic mass is 35.5. The number of rotatable bonds is 4. The molecule has 1 unspecified atom stereocenters. The number of hydrogen-bond donors (Lipinski definition) is 2. The topological polar surface area (TPSA) is 67.6 Å². The van der Waals surface area contributed by atoms with Crippen LogP contribution in [0.3, 0.4) is 0 Å². The summed E-state index contributed by atoms with van der Waals surface area (Å²) < 4.78 is 0. The molecule has 0 aliphatic rings. The second-order valence-corrected chi connectivity index (χ2v) is 3.58. The summed E-state index contributed by atoms with van der Waals surface area (Å²) >= 11 is 0. The first-order valence-electron chi connectivity index (χ1n) is 4.29. The summed E-state index contributed by atoms with van der Waals surface area (Å²) in [6.45, 7) is 4.34. The first-order chi connectivity index (χ1) is 5.68. The fourth-order valence-electron chi connectivity index (χ4n) is 1.29. The Hall–Kier alpha value is -0.610. The van der Waals surface area contributed by atoms with Gasteiger partial charge in [-0.1, -0.05) is 19.1 Å². The van der Waals surface area contributed by atoms with Gasteiger partial charge in [0, 0.05) is 12.5 Å². The maximum Gasteiger partial charge on any atom is 0.0723 e. The van der Waals surface area contributed by atoms with Crippen LogP contribution in [0.4, 0.5) is 0 Å². The van der Waals surface area contributed by atoms with Gasteiger partial charge in [0.25, 0.3) is 0 Å². The Kier molecular flexibility index (Phi) is 5.66. The van der Waals surface area contributed by atoms with E-state index in [0.717, 1.165) is 18.5 Å². The molecule has 0 amide bonds. The van der Waals surface area contributed by atoms with Crippen molar-refractivity contribution in [2.24, 2.45) is 11.7 Å². The number of aromatic nitrogens is 3. The molecule has 0 saturated carbocycles. The highest BCUT2D eigenvalue weighted by molar-refractivity contribution is 5.85. The third kappa shape index (κ3) is 4.85. The van der Waals surface area contributed by atoms with Gasteiger partial charge in [-0.05, 0) is 12.3 Å². The van der Waals surface area contributed by atoms with Crippen molar-refractivity contribution in [3.63, 3.8) is 0 Å². The van der Waals surface area contributed by atoms with Crippen LogP contribution < -0.4 is 5.73 Å². The third-order valence-corrected chi connectivity index (χ3v) is 1.72. The monoisotopic (exact) mass is 204 g/mol. The third-order valence-electron chi connectivity index (χ3n) is 1.72. The SMILES string of the molecule is CC(C)CC(N)Cc1cnn[nH]1.Cl. The predicted octanol–water partition coefficient (Wildman–Crippen LogP) is 1.14. The lowest BCUT2D eigenvalue weighted by atomic mass is 10.0. The minimum atomic E-state index is 0. The molecule has 0 spiro atoms. The van der Waals surface area contributed by atoms with E-state index >= 15 is 0 Å². The zero-order valence-electron chi connectivity index (χ0n) is 8.03. The number of H-pyrrole nitrogens is 1. The van der Waals surface area contributed by atoms with Gasteiger partial charge in [0.1, 0.15) is 0 Å². The lowest BCUT2D eigenvalue weighted by molar-refractivity contribution is 0.490. The largest absolute Gasteiger partial charge is 0.327 e. The quantitative estimate of drug-likeness (QED) is 0.773. The first-order valence-corrected chi connectivity index (χ1v) is 4.29. The summed E-state index contributed by atoms with van der Waals surface area (Å²) in [7, 11) is 0. The number of nitrogens with two attached hydrogens (primary N) is 1. The number of hydrogen-bond acceptors (Lipinski definition) is 3. The molecule has 0 bridgehead atoms. The molecular weight excluding hydrogens is 188 g/mol. The Morgan fingerprint density at radius 2 is 2.23 bits per heavy atom. The first kappa shape index (κ1) is 12.4. The van der Waals surface area contributed by atoms with Gasteiger partial charge in [0.05, 0.1) is 11.9 Å². The summed E-state index contributed by atoms with van der Waals surface area (Å²) in [5.41, 5.74) is 6.91. The lowest BCUT2D eigenvalue weighted by Crippen LogP contribution is -2.24. The summed E-state index contributed by atoms with van der Waals surface area (Å²) in [6.07, 6.45) is 3.60. The Morgan fingerprint density at radius 1 is 1.54 bits per heavy atom. The number of aromatic amines is 1. The molecule has 1 aromatic heterocycles. The molecule has 0 aromatic carbocycles. The van der Waals surface area contributed by atoms with Gasteiger partial charge < -0.3 is 5.73 Å². The summed E-state index contributed by atoms with van der Waals surface area (Å²) in [5.74, 6) is 0.649. The molecule has 1 heterocycles. The minimum Gasteiger partial charge on any atom is -0.327 e. The van der Waals surface area contributed by atoms with E-state index in [4.69, 9.17) is 5.73 Å².